The summed E-state index contributed by atoms with van der Waals surface area (Å²) in [5.74, 6) is 2.20. The van der Waals surface area contributed by atoms with Gasteiger partial charge in [0.05, 0.1) is 12.6 Å². The Morgan fingerprint density at radius 3 is 2.55 bits per heavy atom. The van der Waals surface area contributed by atoms with E-state index in [2.05, 4.69) is 17.0 Å². The normalized spacial score (nSPS) is 21.9. The molecule has 164 valence electrons. The molecule has 1 aromatic carbocycles. The van der Waals surface area contributed by atoms with Crippen molar-refractivity contribution in [3.8, 4) is 11.4 Å². The lowest BCUT2D eigenvalue weighted by molar-refractivity contribution is -0.141. The molecule has 1 atom stereocenters. The maximum atomic E-state index is 13.2. The van der Waals surface area contributed by atoms with Gasteiger partial charge in [-0.1, -0.05) is 30.3 Å². The van der Waals surface area contributed by atoms with Gasteiger partial charge in [0.1, 0.15) is 5.82 Å². The van der Waals surface area contributed by atoms with Crippen LogP contribution in [-0.2, 0) is 17.6 Å². The predicted octanol–water partition coefficient (Wildman–Crippen LogP) is 3.22. The molecule has 0 radical (unpaired) electrons. The molecule has 31 heavy (non-hydrogen) atoms. The third-order valence-corrected chi connectivity index (χ3v) is 7.21. The minimum absolute atomic E-state index is 0.0119. The number of carbonyl (C=O) groups is 1. The highest BCUT2D eigenvalue weighted by Crippen LogP contribution is 2.34. The van der Waals surface area contributed by atoms with Gasteiger partial charge in [-0.3, -0.25) is 4.79 Å². The SMILES string of the molecule is O=C(C1CCN(c2nc(-c3ccccc3)nc3c2CCC3)CC1)N1CCCC[C@@H]1CO. The summed E-state index contributed by atoms with van der Waals surface area (Å²) in [6, 6.07) is 10.2. The zero-order valence-corrected chi connectivity index (χ0v) is 18.2. The van der Waals surface area contributed by atoms with Gasteiger partial charge in [0.15, 0.2) is 5.82 Å². The highest BCUT2D eigenvalue weighted by Gasteiger charge is 2.34. The molecular formula is C25H32N4O2. The lowest BCUT2D eigenvalue weighted by Crippen LogP contribution is -2.50. The topological polar surface area (TPSA) is 69.6 Å². The van der Waals surface area contributed by atoms with Crippen molar-refractivity contribution in [1.29, 1.82) is 0 Å². The number of nitrogens with zero attached hydrogens (tertiary/aromatic N) is 4. The highest BCUT2D eigenvalue weighted by molar-refractivity contribution is 5.79. The molecule has 6 heteroatoms. The van der Waals surface area contributed by atoms with Crippen LogP contribution < -0.4 is 4.90 Å². The van der Waals surface area contributed by atoms with E-state index in [4.69, 9.17) is 9.97 Å². The van der Waals surface area contributed by atoms with Crippen LogP contribution in [0.3, 0.4) is 0 Å². The summed E-state index contributed by atoms with van der Waals surface area (Å²) < 4.78 is 0. The molecule has 1 aromatic heterocycles. The number of benzene rings is 1. The van der Waals surface area contributed by atoms with Gasteiger partial charge < -0.3 is 14.9 Å². The number of piperidine rings is 2. The van der Waals surface area contributed by atoms with Crippen LogP contribution in [0.1, 0.15) is 49.8 Å². The summed E-state index contributed by atoms with van der Waals surface area (Å²) in [6.45, 7) is 2.58. The fourth-order valence-electron chi connectivity index (χ4n) is 5.44. The fourth-order valence-corrected chi connectivity index (χ4v) is 5.44. The van der Waals surface area contributed by atoms with Crippen molar-refractivity contribution in [1.82, 2.24) is 14.9 Å². The Hall–Kier alpha value is -2.47. The zero-order valence-electron chi connectivity index (χ0n) is 18.2. The monoisotopic (exact) mass is 420 g/mol. The van der Waals surface area contributed by atoms with Crippen LogP contribution in [0.25, 0.3) is 11.4 Å². The lowest BCUT2D eigenvalue weighted by Gasteiger charge is -2.39. The Bertz CT molecular complexity index is 925. The Morgan fingerprint density at radius 1 is 0.968 bits per heavy atom. The Morgan fingerprint density at radius 2 is 1.77 bits per heavy atom. The molecule has 2 aromatic rings. The molecule has 2 fully saturated rings. The van der Waals surface area contributed by atoms with E-state index in [1.807, 2.05) is 23.1 Å². The summed E-state index contributed by atoms with van der Waals surface area (Å²) in [7, 11) is 0. The van der Waals surface area contributed by atoms with Crippen molar-refractivity contribution in [2.75, 3.05) is 31.1 Å². The van der Waals surface area contributed by atoms with E-state index in [9.17, 15) is 9.90 Å². The van der Waals surface area contributed by atoms with Gasteiger partial charge in [-0.2, -0.15) is 0 Å². The summed E-state index contributed by atoms with van der Waals surface area (Å²) in [5.41, 5.74) is 3.56. The number of rotatable bonds is 4. The smallest absolute Gasteiger partial charge is 0.226 e. The zero-order chi connectivity index (χ0) is 21.2. The Balaban J connectivity index is 1.33. The van der Waals surface area contributed by atoms with E-state index in [1.54, 1.807) is 0 Å². The van der Waals surface area contributed by atoms with Crippen LogP contribution in [-0.4, -0.2) is 58.2 Å². The first kappa shape index (κ1) is 20.4. The van der Waals surface area contributed by atoms with Crippen molar-refractivity contribution < 1.29 is 9.90 Å². The number of hydrogen-bond donors (Lipinski definition) is 1. The highest BCUT2D eigenvalue weighted by atomic mass is 16.3. The lowest BCUT2D eigenvalue weighted by atomic mass is 9.92. The van der Waals surface area contributed by atoms with Gasteiger partial charge in [0.2, 0.25) is 5.91 Å². The first-order chi connectivity index (χ1) is 15.2. The Labute approximate surface area is 184 Å². The van der Waals surface area contributed by atoms with Gasteiger partial charge in [-0.05, 0) is 51.4 Å². The number of anilines is 1. The average molecular weight is 421 g/mol. The summed E-state index contributed by atoms with van der Waals surface area (Å²) in [5, 5.41) is 9.69. The van der Waals surface area contributed by atoms with Crippen molar-refractivity contribution in [2.45, 2.75) is 57.4 Å². The largest absolute Gasteiger partial charge is 0.394 e. The minimum Gasteiger partial charge on any atom is -0.394 e. The number of aromatic nitrogens is 2. The third-order valence-electron chi connectivity index (χ3n) is 7.21. The van der Waals surface area contributed by atoms with E-state index in [-0.39, 0.29) is 24.5 Å². The number of hydrogen-bond acceptors (Lipinski definition) is 5. The number of carbonyl (C=O) groups excluding carboxylic acids is 1. The minimum atomic E-state index is 0.0119. The maximum Gasteiger partial charge on any atom is 0.226 e. The van der Waals surface area contributed by atoms with Crippen molar-refractivity contribution in [3.05, 3.63) is 41.6 Å². The van der Waals surface area contributed by atoms with E-state index in [0.29, 0.717) is 0 Å². The van der Waals surface area contributed by atoms with Crippen molar-refractivity contribution >= 4 is 11.7 Å². The molecule has 2 aliphatic heterocycles. The van der Waals surface area contributed by atoms with E-state index in [1.165, 1.54) is 11.3 Å². The van der Waals surface area contributed by atoms with Crippen LogP contribution in [0.5, 0.6) is 0 Å². The van der Waals surface area contributed by atoms with Crippen LogP contribution in [0.4, 0.5) is 5.82 Å². The van der Waals surface area contributed by atoms with Gasteiger partial charge in [-0.25, -0.2) is 9.97 Å². The molecule has 2 saturated heterocycles. The molecule has 0 saturated carbocycles. The number of fused-ring (bicyclic) bond motifs is 1. The molecule has 0 spiro atoms. The summed E-state index contributed by atoms with van der Waals surface area (Å²) in [6.07, 6.45) is 8.01. The number of likely N-dealkylation sites (tertiary alicyclic amines) is 1. The second-order valence-electron chi connectivity index (χ2n) is 9.14. The number of aliphatic hydroxyl groups is 1. The van der Waals surface area contributed by atoms with Gasteiger partial charge >= 0.3 is 0 Å². The molecule has 3 aliphatic rings. The standard InChI is InChI=1S/C25H32N4O2/c30-17-20-9-4-5-14-29(20)25(31)19-12-15-28(16-13-19)24-21-10-6-11-22(21)26-23(27-24)18-7-2-1-3-8-18/h1-3,7-8,19-20,30H,4-6,9-17H2/t20-/m1/s1. The van der Waals surface area contributed by atoms with E-state index in [0.717, 1.165) is 88.2 Å². The second-order valence-corrected chi connectivity index (χ2v) is 9.14. The molecule has 0 unspecified atom stereocenters. The average Bonchev–Trinajstić information content (AvgIpc) is 3.32. The van der Waals surface area contributed by atoms with Crippen LogP contribution in [0, 0.1) is 5.92 Å². The maximum absolute atomic E-state index is 13.2. The third kappa shape index (κ3) is 4.05. The quantitative estimate of drug-likeness (QED) is 0.823. The first-order valence-corrected chi connectivity index (χ1v) is 11.9. The molecule has 3 heterocycles. The number of amides is 1. The van der Waals surface area contributed by atoms with Crippen molar-refractivity contribution in [2.24, 2.45) is 5.92 Å². The van der Waals surface area contributed by atoms with Crippen LogP contribution in [0.2, 0.25) is 0 Å². The van der Waals surface area contributed by atoms with E-state index < -0.39 is 0 Å². The fraction of sp³-hybridized carbons (Fsp3) is 0.560. The molecule has 1 amide bonds. The Kier molecular flexibility index (Phi) is 5.90. The molecule has 1 aliphatic carbocycles. The van der Waals surface area contributed by atoms with Crippen molar-refractivity contribution in [3.63, 3.8) is 0 Å². The van der Waals surface area contributed by atoms with Gasteiger partial charge in [0.25, 0.3) is 0 Å². The molecule has 1 N–H and O–H groups in total. The number of aryl methyl sites for hydroxylation is 1. The van der Waals surface area contributed by atoms with Crippen LogP contribution >= 0.6 is 0 Å². The van der Waals surface area contributed by atoms with Gasteiger partial charge in [-0.15, -0.1) is 0 Å². The predicted molar refractivity (Wildman–Crippen MR) is 121 cm³/mol. The summed E-state index contributed by atoms with van der Waals surface area (Å²) >= 11 is 0. The molecular weight excluding hydrogens is 388 g/mol. The second kappa shape index (κ2) is 8.95. The number of aliphatic hydroxyl groups excluding tert-OH is 1. The molecule has 6 nitrogen and oxygen atoms in total. The van der Waals surface area contributed by atoms with Gasteiger partial charge in [0, 0.05) is 42.4 Å². The molecule has 0 bridgehead atoms. The van der Waals surface area contributed by atoms with Crippen LogP contribution in [0.15, 0.2) is 30.3 Å². The molecule has 5 rings (SSSR count). The first-order valence-electron chi connectivity index (χ1n) is 11.9. The summed E-state index contributed by atoms with van der Waals surface area (Å²) in [4.78, 5) is 27.4. The van der Waals surface area contributed by atoms with E-state index >= 15 is 0 Å².